The van der Waals surface area contributed by atoms with Gasteiger partial charge in [0, 0.05) is 41.0 Å². The first-order valence-corrected chi connectivity index (χ1v) is 13.6. The highest BCUT2D eigenvalue weighted by atomic mass is 19.4. The molecular weight excluding hydrogens is 559 g/mol. The van der Waals surface area contributed by atoms with Crippen molar-refractivity contribution >= 4 is 45.5 Å². The van der Waals surface area contributed by atoms with Crippen LogP contribution in [-0.2, 0) is 11.6 Å². The highest BCUT2D eigenvalue weighted by Crippen LogP contribution is 2.38. The van der Waals surface area contributed by atoms with Gasteiger partial charge in [0.15, 0.2) is 0 Å². The predicted molar refractivity (Wildman–Crippen MR) is 159 cm³/mol. The fourth-order valence-corrected chi connectivity index (χ4v) is 5.39. The maximum atomic E-state index is 13.3. The fraction of sp³-hybridized carbons (Fsp3) is 0.226. The topological polar surface area (TPSA) is 109 Å². The molecule has 12 heteroatoms. The van der Waals surface area contributed by atoms with Crippen LogP contribution in [0, 0.1) is 0 Å². The molecule has 43 heavy (non-hydrogen) atoms. The van der Waals surface area contributed by atoms with Crippen LogP contribution in [0.25, 0.3) is 27.5 Å². The van der Waals surface area contributed by atoms with Gasteiger partial charge in [0.05, 0.1) is 17.8 Å². The molecule has 0 aliphatic carbocycles. The number of hydrogen-bond donors (Lipinski definition) is 2. The standard InChI is InChI=1S/C31H28F3N7O2/c1-30(2,3)27-38-24(25-26(35)36-13-14-40(25)27)22-11-12-23(21-10-5-4-9-20(21)22)37-28(42)41-16-15-39(29(41)43)19-8-6-7-18(17-19)31(32,33)34/h4-14,17H,15-16H2,1-3H3,(H2,35,36)(H,37,42). The third-order valence-electron chi connectivity index (χ3n) is 7.41. The minimum Gasteiger partial charge on any atom is -0.382 e. The Morgan fingerprint density at radius 1 is 0.977 bits per heavy atom. The highest BCUT2D eigenvalue weighted by Gasteiger charge is 2.36. The summed E-state index contributed by atoms with van der Waals surface area (Å²) in [4.78, 5) is 37.8. The van der Waals surface area contributed by atoms with Gasteiger partial charge in [0.2, 0.25) is 0 Å². The average Bonchev–Trinajstić information content (AvgIpc) is 3.55. The number of alkyl halides is 3. The van der Waals surface area contributed by atoms with Crippen molar-refractivity contribution in [3.63, 3.8) is 0 Å². The molecule has 0 bridgehead atoms. The lowest BCUT2D eigenvalue weighted by Gasteiger charge is -2.19. The van der Waals surface area contributed by atoms with E-state index in [1.165, 1.54) is 12.1 Å². The van der Waals surface area contributed by atoms with Crippen LogP contribution in [0.1, 0.15) is 32.2 Å². The fourth-order valence-electron chi connectivity index (χ4n) is 5.39. The number of nitrogens with zero attached hydrogens (tertiary/aromatic N) is 5. The van der Waals surface area contributed by atoms with E-state index in [-0.39, 0.29) is 24.2 Å². The second-order valence-corrected chi connectivity index (χ2v) is 11.3. The molecule has 3 N–H and O–H groups in total. The van der Waals surface area contributed by atoms with E-state index in [1.807, 2.05) is 40.9 Å². The lowest BCUT2D eigenvalue weighted by Crippen LogP contribution is -2.39. The molecule has 5 aromatic rings. The molecular formula is C31H28F3N7O2. The second kappa shape index (κ2) is 10.0. The van der Waals surface area contributed by atoms with Gasteiger partial charge < -0.3 is 11.1 Å². The van der Waals surface area contributed by atoms with Crippen molar-refractivity contribution in [1.82, 2.24) is 19.3 Å². The summed E-state index contributed by atoms with van der Waals surface area (Å²) in [5.74, 6) is 1.14. The van der Waals surface area contributed by atoms with Crippen molar-refractivity contribution in [1.29, 1.82) is 0 Å². The Hall–Kier alpha value is -5.13. The van der Waals surface area contributed by atoms with Gasteiger partial charge in [-0.15, -0.1) is 0 Å². The summed E-state index contributed by atoms with van der Waals surface area (Å²) >= 11 is 0. The third-order valence-corrected chi connectivity index (χ3v) is 7.41. The molecule has 0 saturated carbocycles. The molecule has 220 valence electrons. The monoisotopic (exact) mass is 587 g/mol. The predicted octanol–water partition coefficient (Wildman–Crippen LogP) is 6.92. The number of carbonyl (C=O) groups is 2. The number of aromatic nitrogens is 3. The van der Waals surface area contributed by atoms with Crippen LogP contribution in [0.3, 0.4) is 0 Å². The minimum atomic E-state index is -4.55. The largest absolute Gasteiger partial charge is 0.416 e. The number of nitrogens with two attached hydrogens (primary N) is 1. The number of anilines is 3. The Balaban J connectivity index is 1.33. The molecule has 0 unspecified atom stereocenters. The summed E-state index contributed by atoms with van der Waals surface area (Å²) in [7, 11) is 0. The Kier molecular flexibility index (Phi) is 6.52. The van der Waals surface area contributed by atoms with Gasteiger partial charge >= 0.3 is 18.2 Å². The van der Waals surface area contributed by atoms with E-state index in [4.69, 9.17) is 10.7 Å². The second-order valence-electron chi connectivity index (χ2n) is 11.3. The number of carbonyl (C=O) groups excluding carboxylic acids is 2. The van der Waals surface area contributed by atoms with Crippen LogP contribution >= 0.6 is 0 Å². The first kappa shape index (κ1) is 28.0. The maximum Gasteiger partial charge on any atom is 0.416 e. The summed E-state index contributed by atoms with van der Waals surface area (Å²) in [5.41, 5.74) is 7.81. The molecule has 4 amide bonds. The first-order chi connectivity index (χ1) is 20.3. The molecule has 0 spiro atoms. The van der Waals surface area contributed by atoms with Crippen molar-refractivity contribution in [3.8, 4) is 11.3 Å². The quantitative estimate of drug-likeness (QED) is 0.238. The molecule has 9 nitrogen and oxygen atoms in total. The number of benzene rings is 3. The Morgan fingerprint density at radius 3 is 2.44 bits per heavy atom. The van der Waals surface area contributed by atoms with E-state index in [2.05, 4.69) is 31.1 Å². The summed E-state index contributed by atoms with van der Waals surface area (Å²) in [6.07, 6.45) is -1.09. The van der Waals surface area contributed by atoms with Gasteiger partial charge in [0.1, 0.15) is 22.9 Å². The van der Waals surface area contributed by atoms with Crippen molar-refractivity contribution in [2.24, 2.45) is 0 Å². The molecule has 3 heterocycles. The van der Waals surface area contributed by atoms with Gasteiger partial charge in [-0.3, -0.25) is 9.30 Å². The zero-order valence-corrected chi connectivity index (χ0v) is 23.6. The Morgan fingerprint density at radius 2 is 1.72 bits per heavy atom. The van der Waals surface area contributed by atoms with E-state index in [9.17, 15) is 22.8 Å². The van der Waals surface area contributed by atoms with Gasteiger partial charge in [-0.2, -0.15) is 13.2 Å². The third kappa shape index (κ3) is 4.88. The maximum absolute atomic E-state index is 13.3. The smallest absolute Gasteiger partial charge is 0.382 e. The summed E-state index contributed by atoms with van der Waals surface area (Å²) < 4.78 is 41.6. The van der Waals surface area contributed by atoms with Crippen molar-refractivity contribution in [2.45, 2.75) is 32.4 Å². The Bertz CT molecular complexity index is 1910. The van der Waals surface area contributed by atoms with Crippen LogP contribution in [0.4, 0.5) is 40.0 Å². The number of imidazole rings is 1. The van der Waals surface area contributed by atoms with E-state index >= 15 is 0 Å². The number of fused-ring (bicyclic) bond motifs is 2. The zero-order valence-electron chi connectivity index (χ0n) is 23.6. The molecule has 2 aromatic heterocycles. The number of hydrogen-bond acceptors (Lipinski definition) is 5. The van der Waals surface area contributed by atoms with E-state index in [1.54, 1.807) is 12.3 Å². The van der Waals surface area contributed by atoms with Crippen molar-refractivity contribution < 1.29 is 22.8 Å². The number of nitrogen functional groups attached to an aromatic ring is 1. The number of urea groups is 2. The summed E-state index contributed by atoms with van der Waals surface area (Å²) in [6, 6.07) is 14.1. The molecule has 0 radical (unpaired) electrons. The normalized spacial score (nSPS) is 14.2. The van der Waals surface area contributed by atoms with E-state index in [0.29, 0.717) is 28.1 Å². The molecule has 1 fully saturated rings. The first-order valence-electron chi connectivity index (χ1n) is 13.6. The average molecular weight is 588 g/mol. The van der Waals surface area contributed by atoms with Gasteiger partial charge in [-0.1, -0.05) is 57.2 Å². The number of amides is 4. The number of halogens is 3. The lowest BCUT2D eigenvalue weighted by atomic mass is 9.96. The van der Waals surface area contributed by atoms with Gasteiger partial charge in [-0.25, -0.2) is 24.5 Å². The molecule has 6 rings (SSSR count). The molecule has 3 aromatic carbocycles. The molecule has 1 saturated heterocycles. The Labute approximate surface area is 244 Å². The summed E-state index contributed by atoms with van der Waals surface area (Å²) in [6.45, 7) is 6.26. The minimum absolute atomic E-state index is 0.0133. The highest BCUT2D eigenvalue weighted by molar-refractivity contribution is 6.12. The van der Waals surface area contributed by atoms with E-state index < -0.39 is 23.8 Å². The SMILES string of the molecule is CC(C)(C)c1nc(-c2ccc(NC(=O)N3CCN(c4cccc(C(F)(F)F)c4)C3=O)c3ccccc23)c2c(N)nccn12. The van der Waals surface area contributed by atoms with Crippen molar-refractivity contribution in [2.75, 3.05) is 29.0 Å². The van der Waals surface area contributed by atoms with Gasteiger partial charge in [0.25, 0.3) is 0 Å². The van der Waals surface area contributed by atoms with Crippen molar-refractivity contribution in [3.05, 3.63) is 84.4 Å². The number of nitrogens with one attached hydrogen (secondary N) is 1. The lowest BCUT2D eigenvalue weighted by molar-refractivity contribution is -0.137. The zero-order chi connectivity index (χ0) is 30.7. The summed E-state index contributed by atoms with van der Waals surface area (Å²) in [5, 5.41) is 4.32. The van der Waals surface area contributed by atoms with Crippen LogP contribution in [-0.4, -0.2) is 44.4 Å². The number of imide groups is 1. The van der Waals surface area contributed by atoms with Crippen LogP contribution in [0.2, 0.25) is 0 Å². The molecule has 0 atom stereocenters. The van der Waals surface area contributed by atoms with Gasteiger partial charge in [-0.05, 0) is 29.7 Å². The van der Waals surface area contributed by atoms with Crippen LogP contribution < -0.4 is 16.0 Å². The molecule has 1 aliphatic heterocycles. The molecule has 1 aliphatic rings. The van der Waals surface area contributed by atoms with Crippen LogP contribution in [0.5, 0.6) is 0 Å². The number of rotatable bonds is 3. The van der Waals surface area contributed by atoms with E-state index in [0.717, 1.165) is 38.7 Å². The van der Waals surface area contributed by atoms with Crippen LogP contribution in [0.15, 0.2) is 73.1 Å².